The molecule has 1 aromatic rings. The summed E-state index contributed by atoms with van der Waals surface area (Å²) in [5, 5.41) is 0. The third kappa shape index (κ3) is 8.54. The maximum Gasteiger partial charge on any atom is 0.106 e. The molecule has 1 saturated heterocycles. The van der Waals surface area contributed by atoms with Crippen molar-refractivity contribution in [3.8, 4) is 0 Å². The third-order valence-electron chi connectivity index (χ3n) is 7.69. The molecule has 0 amide bonds. The molecule has 176 valence electrons. The van der Waals surface area contributed by atoms with Gasteiger partial charge in [-0.2, -0.15) is 0 Å². The van der Waals surface area contributed by atoms with Gasteiger partial charge in [-0.15, -0.1) is 0 Å². The Hall–Kier alpha value is -0.860. The molecule has 2 fully saturated rings. The largest absolute Gasteiger partial charge is 0.373 e. The molecule has 2 nitrogen and oxygen atoms in total. The highest BCUT2D eigenvalue weighted by atomic mass is 16.6. The van der Waals surface area contributed by atoms with Crippen LogP contribution in [-0.4, -0.2) is 19.3 Å². The van der Waals surface area contributed by atoms with E-state index in [2.05, 4.69) is 38.1 Å². The van der Waals surface area contributed by atoms with Gasteiger partial charge >= 0.3 is 0 Å². The zero-order valence-corrected chi connectivity index (χ0v) is 20.5. The van der Waals surface area contributed by atoms with Gasteiger partial charge in [0.1, 0.15) is 6.10 Å². The Balaban J connectivity index is 1.34. The quantitative estimate of drug-likeness (QED) is 0.292. The Bertz CT molecular complexity index is 565. The van der Waals surface area contributed by atoms with Crippen molar-refractivity contribution < 1.29 is 9.47 Å². The Labute approximate surface area is 192 Å². The van der Waals surface area contributed by atoms with E-state index in [4.69, 9.17) is 9.47 Å². The molecule has 0 spiro atoms. The molecule has 0 aromatic heterocycles. The van der Waals surface area contributed by atoms with Crippen LogP contribution in [0.3, 0.4) is 0 Å². The Morgan fingerprint density at radius 2 is 1.26 bits per heavy atom. The molecule has 0 radical (unpaired) electrons. The monoisotopic (exact) mass is 428 g/mol. The van der Waals surface area contributed by atoms with Gasteiger partial charge in [-0.25, -0.2) is 0 Å². The molecule has 0 unspecified atom stereocenters. The van der Waals surface area contributed by atoms with Crippen LogP contribution in [0.1, 0.15) is 133 Å². The van der Waals surface area contributed by atoms with Gasteiger partial charge in [-0.05, 0) is 55.1 Å². The highest BCUT2D eigenvalue weighted by Crippen LogP contribution is 2.38. The molecular formula is C29H48O2. The Morgan fingerprint density at radius 3 is 1.90 bits per heavy atom. The normalized spacial score (nSPS) is 26.8. The zero-order chi connectivity index (χ0) is 21.7. The van der Waals surface area contributed by atoms with Crippen LogP contribution in [0.2, 0.25) is 0 Å². The Morgan fingerprint density at radius 1 is 0.645 bits per heavy atom. The van der Waals surface area contributed by atoms with Crippen molar-refractivity contribution >= 4 is 0 Å². The van der Waals surface area contributed by atoms with E-state index in [9.17, 15) is 0 Å². The van der Waals surface area contributed by atoms with E-state index in [1.54, 1.807) is 0 Å². The van der Waals surface area contributed by atoms with Crippen molar-refractivity contribution in [3.63, 3.8) is 0 Å². The second kappa shape index (κ2) is 14.3. The van der Waals surface area contributed by atoms with Crippen LogP contribution in [0.15, 0.2) is 24.3 Å². The van der Waals surface area contributed by atoms with Crippen LogP contribution in [0.4, 0.5) is 0 Å². The van der Waals surface area contributed by atoms with Crippen molar-refractivity contribution in [2.75, 3.05) is 13.2 Å². The summed E-state index contributed by atoms with van der Waals surface area (Å²) in [7, 11) is 0. The summed E-state index contributed by atoms with van der Waals surface area (Å²) >= 11 is 0. The van der Waals surface area contributed by atoms with Crippen molar-refractivity contribution in [1.82, 2.24) is 0 Å². The smallest absolute Gasteiger partial charge is 0.106 e. The van der Waals surface area contributed by atoms with Gasteiger partial charge in [-0.1, -0.05) is 102 Å². The van der Waals surface area contributed by atoms with Crippen LogP contribution in [0.5, 0.6) is 0 Å². The van der Waals surface area contributed by atoms with Gasteiger partial charge in [0.2, 0.25) is 0 Å². The van der Waals surface area contributed by atoms with E-state index in [-0.39, 0.29) is 6.10 Å². The minimum Gasteiger partial charge on any atom is -0.373 e. The minimum absolute atomic E-state index is 0.115. The standard InChI is InChI=1S/C29H48O2/c1-3-5-7-9-11-13-28-22-31-29(23-30-28)27-20-18-26(19-21-27)25-16-14-24(15-17-25)12-10-8-6-4-2/h18-21,24-25,28-29H,3-17,22-23H2,1-2H3/t24?,25?,28-,29-/m0/s1. The molecule has 31 heavy (non-hydrogen) atoms. The van der Waals surface area contributed by atoms with Crippen molar-refractivity contribution in [1.29, 1.82) is 0 Å². The summed E-state index contributed by atoms with van der Waals surface area (Å²) in [5.41, 5.74) is 2.82. The molecular weight excluding hydrogens is 380 g/mol. The molecule has 1 aliphatic carbocycles. The predicted octanol–water partition coefficient (Wildman–Crippen LogP) is 8.75. The van der Waals surface area contributed by atoms with Crippen LogP contribution in [-0.2, 0) is 9.47 Å². The van der Waals surface area contributed by atoms with Crippen LogP contribution in [0, 0.1) is 5.92 Å². The highest BCUT2D eigenvalue weighted by molar-refractivity contribution is 5.27. The number of rotatable bonds is 13. The fourth-order valence-corrected chi connectivity index (χ4v) is 5.50. The molecule has 0 N–H and O–H groups in total. The summed E-state index contributed by atoms with van der Waals surface area (Å²) in [6.45, 7) is 6.04. The first-order valence-electron chi connectivity index (χ1n) is 13.6. The molecule has 2 atom stereocenters. The summed E-state index contributed by atoms with van der Waals surface area (Å²) in [5.74, 6) is 1.75. The number of hydrogen-bond acceptors (Lipinski definition) is 2. The van der Waals surface area contributed by atoms with Crippen LogP contribution < -0.4 is 0 Å². The van der Waals surface area contributed by atoms with Crippen molar-refractivity contribution in [3.05, 3.63) is 35.4 Å². The first kappa shape index (κ1) is 24.8. The van der Waals surface area contributed by atoms with Gasteiger partial charge in [0, 0.05) is 0 Å². The van der Waals surface area contributed by atoms with Gasteiger partial charge in [0.25, 0.3) is 0 Å². The number of ether oxygens (including phenoxy) is 2. The predicted molar refractivity (Wildman–Crippen MR) is 132 cm³/mol. The molecule has 0 bridgehead atoms. The number of unbranched alkanes of at least 4 members (excludes halogenated alkanes) is 7. The highest BCUT2D eigenvalue weighted by Gasteiger charge is 2.25. The van der Waals surface area contributed by atoms with Gasteiger partial charge in [0.15, 0.2) is 0 Å². The summed E-state index contributed by atoms with van der Waals surface area (Å²) < 4.78 is 12.3. The fraction of sp³-hybridized carbons (Fsp3) is 0.793. The summed E-state index contributed by atoms with van der Waals surface area (Å²) in [6, 6.07) is 9.33. The van der Waals surface area contributed by atoms with E-state index >= 15 is 0 Å². The molecule has 1 aliphatic heterocycles. The third-order valence-corrected chi connectivity index (χ3v) is 7.69. The first-order valence-corrected chi connectivity index (χ1v) is 13.6. The lowest BCUT2D eigenvalue weighted by Gasteiger charge is -2.31. The minimum atomic E-state index is 0.115. The first-order chi connectivity index (χ1) is 15.3. The van der Waals surface area contributed by atoms with Gasteiger partial charge in [0.05, 0.1) is 19.3 Å². The van der Waals surface area contributed by atoms with E-state index in [1.165, 1.54) is 101 Å². The molecule has 2 heteroatoms. The topological polar surface area (TPSA) is 18.5 Å². The van der Waals surface area contributed by atoms with E-state index in [0.29, 0.717) is 12.7 Å². The molecule has 3 rings (SSSR count). The van der Waals surface area contributed by atoms with Crippen molar-refractivity contribution in [2.24, 2.45) is 5.92 Å². The van der Waals surface area contributed by atoms with Gasteiger partial charge < -0.3 is 9.47 Å². The fourth-order valence-electron chi connectivity index (χ4n) is 5.50. The average molecular weight is 429 g/mol. The van der Waals surface area contributed by atoms with Gasteiger partial charge in [-0.3, -0.25) is 0 Å². The molecule has 1 heterocycles. The Kier molecular flexibility index (Phi) is 11.4. The van der Waals surface area contributed by atoms with Crippen LogP contribution in [0.25, 0.3) is 0 Å². The van der Waals surface area contributed by atoms with Crippen LogP contribution >= 0.6 is 0 Å². The number of benzene rings is 1. The maximum absolute atomic E-state index is 6.18. The SMILES string of the molecule is CCCCCCC[C@H]1CO[C@H](c2ccc(C3CCC(CCCCCC)CC3)cc2)CO1. The molecule has 1 saturated carbocycles. The number of hydrogen-bond donors (Lipinski definition) is 0. The molecule has 1 aromatic carbocycles. The molecule has 2 aliphatic rings. The van der Waals surface area contributed by atoms with E-state index in [1.807, 2.05) is 0 Å². The zero-order valence-electron chi connectivity index (χ0n) is 20.5. The average Bonchev–Trinajstić information content (AvgIpc) is 2.83. The maximum atomic E-state index is 6.18. The lowest BCUT2D eigenvalue weighted by molar-refractivity contribution is -0.137. The van der Waals surface area contributed by atoms with E-state index < -0.39 is 0 Å². The lowest BCUT2D eigenvalue weighted by Crippen LogP contribution is -2.31. The van der Waals surface area contributed by atoms with E-state index in [0.717, 1.165) is 24.9 Å². The lowest BCUT2D eigenvalue weighted by atomic mass is 9.77. The summed E-state index contributed by atoms with van der Waals surface area (Å²) in [6.07, 6.45) is 20.9. The second-order valence-electron chi connectivity index (χ2n) is 10.2. The summed E-state index contributed by atoms with van der Waals surface area (Å²) in [4.78, 5) is 0. The second-order valence-corrected chi connectivity index (χ2v) is 10.2. The van der Waals surface area contributed by atoms with Crippen molar-refractivity contribution in [2.45, 2.75) is 128 Å².